The predicted molar refractivity (Wildman–Crippen MR) is 264 cm³/mol. The summed E-state index contributed by atoms with van der Waals surface area (Å²) >= 11 is 0. The van der Waals surface area contributed by atoms with E-state index < -0.39 is 5.41 Å². The van der Waals surface area contributed by atoms with Crippen molar-refractivity contribution in [2.75, 3.05) is 0 Å². The molecule has 5 aromatic heterocycles. The zero-order valence-corrected chi connectivity index (χ0v) is 36.7. The Morgan fingerprint density at radius 3 is 2.00 bits per heavy atom. The zero-order chi connectivity index (χ0) is 43.7. The molecule has 4 atom stereocenters. The van der Waals surface area contributed by atoms with Crippen LogP contribution in [0, 0.1) is 5.92 Å². The molecule has 7 nitrogen and oxygen atoms in total. The summed E-state index contributed by atoms with van der Waals surface area (Å²) in [6, 6.07) is 49.2. The van der Waals surface area contributed by atoms with Crippen molar-refractivity contribution in [3.05, 3.63) is 180 Å². The predicted octanol–water partition coefficient (Wildman–Crippen LogP) is 15.5. The van der Waals surface area contributed by atoms with E-state index in [1.807, 2.05) is 30.3 Å². The van der Waals surface area contributed by atoms with Gasteiger partial charge in [0, 0.05) is 66.4 Å². The molecule has 66 heavy (non-hydrogen) atoms. The van der Waals surface area contributed by atoms with Gasteiger partial charge in [-0.05, 0) is 72.0 Å². The van der Waals surface area contributed by atoms with Crippen LogP contribution >= 0.6 is 0 Å². The minimum atomic E-state index is -0.634. The van der Waals surface area contributed by atoms with Gasteiger partial charge in [-0.1, -0.05) is 136 Å². The summed E-state index contributed by atoms with van der Waals surface area (Å²) in [6.07, 6.45) is 4.74. The van der Waals surface area contributed by atoms with Crippen LogP contribution in [0.3, 0.4) is 0 Å². The van der Waals surface area contributed by atoms with Crippen LogP contribution in [0.15, 0.2) is 176 Å². The summed E-state index contributed by atoms with van der Waals surface area (Å²) in [4.78, 5) is 16.1. The van der Waals surface area contributed by atoms with Crippen molar-refractivity contribution in [3.8, 4) is 39.6 Å². The lowest BCUT2D eigenvalue weighted by atomic mass is 9.60. The monoisotopic (exact) mass is 852 g/mol. The van der Waals surface area contributed by atoms with Crippen molar-refractivity contribution in [3.63, 3.8) is 0 Å². The van der Waals surface area contributed by atoms with E-state index in [0.717, 1.165) is 105 Å². The molecular formula is C59H40N4O3. The molecule has 4 unspecified atom stereocenters. The van der Waals surface area contributed by atoms with Gasteiger partial charge < -0.3 is 17.8 Å². The average molecular weight is 853 g/mol. The van der Waals surface area contributed by atoms with Crippen molar-refractivity contribution in [1.29, 1.82) is 0 Å². The third-order valence-corrected chi connectivity index (χ3v) is 15.3. The first-order valence-corrected chi connectivity index (χ1v) is 23.0. The molecule has 0 N–H and O–H groups in total. The van der Waals surface area contributed by atoms with Crippen LogP contribution in [-0.4, -0.2) is 19.5 Å². The van der Waals surface area contributed by atoms with Crippen molar-refractivity contribution in [2.24, 2.45) is 5.92 Å². The molecule has 3 aliphatic rings. The number of furan rings is 3. The number of para-hydroxylation sites is 4. The Hall–Kier alpha value is -8.03. The molecule has 0 fully saturated rings. The SMILES string of the molecule is CC1C=CC2(C)C3=C1C(C)c1c(n(c4ccc(-c5cccc6c5oc5c6ccc6c7ccccc7oc65)cc14)-c1cccc4c1oc1c(cccc14)-c1nc(-c4ccccc4)nc2n1)C3C. The van der Waals surface area contributed by atoms with Crippen LogP contribution in [0.4, 0.5) is 0 Å². The number of hydrogen-bond donors (Lipinski definition) is 0. The normalized spacial score (nSPS) is 19.9. The van der Waals surface area contributed by atoms with Gasteiger partial charge in [0.15, 0.2) is 28.4 Å². The second-order valence-corrected chi connectivity index (χ2v) is 18.8. The van der Waals surface area contributed by atoms with Gasteiger partial charge in [0.2, 0.25) is 0 Å². The highest BCUT2D eigenvalue weighted by atomic mass is 16.4. The van der Waals surface area contributed by atoms with E-state index in [2.05, 4.69) is 154 Å². The molecule has 6 heterocycles. The Morgan fingerprint density at radius 1 is 0.515 bits per heavy atom. The molecule has 0 saturated carbocycles. The lowest BCUT2D eigenvalue weighted by Crippen LogP contribution is -2.37. The van der Waals surface area contributed by atoms with Gasteiger partial charge in [-0.15, -0.1) is 0 Å². The summed E-state index contributed by atoms with van der Waals surface area (Å²) in [7, 11) is 0. The fourth-order valence-electron chi connectivity index (χ4n) is 12.4. The highest BCUT2D eigenvalue weighted by molar-refractivity contribution is 6.20. The number of hydrogen-bond acceptors (Lipinski definition) is 6. The van der Waals surface area contributed by atoms with Crippen LogP contribution in [0.5, 0.6) is 0 Å². The molecular weight excluding hydrogens is 813 g/mol. The van der Waals surface area contributed by atoms with Crippen molar-refractivity contribution in [2.45, 2.75) is 44.9 Å². The molecule has 7 aromatic carbocycles. The summed E-state index contributed by atoms with van der Waals surface area (Å²) in [5.74, 6) is 2.25. The summed E-state index contributed by atoms with van der Waals surface area (Å²) in [5.41, 5.74) is 15.7. The molecule has 1 aliphatic heterocycles. The van der Waals surface area contributed by atoms with Crippen molar-refractivity contribution >= 4 is 76.7 Å². The second kappa shape index (κ2) is 12.6. The molecule has 6 bridgehead atoms. The number of rotatable bonds is 2. The molecule has 0 radical (unpaired) electrons. The lowest BCUT2D eigenvalue weighted by molar-refractivity contribution is 0.512. The van der Waals surface area contributed by atoms with Crippen molar-refractivity contribution < 1.29 is 13.3 Å². The fraction of sp³-hybridized carbons (Fsp3) is 0.136. The van der Waals surface area contributed by atoms with E-state index in [4.69, 9.17) is 28.2 Å². The Kier molecular flexibility index (Phi) is 6.94. The Bertz CT molecular complexity index is 4200. The smallest absolute Gasteiger partial charge is 0.178 e. The van der Waals surface area contributed by atoms with E-state index in [1.54, 1.807) is 0 Å². The zero-order valence-electron chi connectivity index (χ0n) is 36.7. The van der Waals surface area contributed by atoms with Crippen LogP contribution < -0.4 is 0 Å². The largest absolute Gasteiger partial charge is 0.453 e. The van der Waals surface area contributed by atoms with E-state index in [1.165, 1.54) is 27.8 Å². The summed E-state index contributed by atoms with van der Waals surface area (Å²) in [5, 5.41) is 7.56. The standard InChI is InChI=1S/C59H40N4O3/c1-30-27-28-59(4)49-32(3)50-48(31(2)47(30)49)43-29-34(35-16-10-17-38-41-25-24-40-36-15-8-9-22-46(36)64-54(40)55(41)66-51(35)38)23-26-44(43)63(50)45-21-12-19-39-37-18-11-20-42(52(37)65-53(39)45)57-60-56(61-58(59)62-57)33-13-6-5-7-14-33/h5-32H,1-4H3. The first kappa shape index (κ1) is 36.3. The number of benzene rings is 7. The summed E-state index contributed by atoms with van der Waals surface area (Å²) in [6.45, 7) is 9.46. The Balaban J connectivity index is 1.03. The van der Waals surface area contributed by atoms with Crippen molar-refractivity contribution in [1.82, 2.24) is 19.5 Å². The fourth-order valence-corrected chi connectivity index (χ4v) is 12.4. The molecule has 7 heteroatoms. The minimum Gasteiger partial charge on any atom is -0.453 e. The van der Waals surface area contributed by atoms with Gasteiger partial charge in [0.25, 0.3) is 0 Å². The maximum absolute atomic E-state index is 7.18. The second-order valence-electron chi connectivity index (χ2n) is 18.8. The quantitative estimate of drug-likeness (QED) is 0.161. The van der Waals surface area contributed by atoms with Gasteiger partial charge >= 0.3 is 0 Å². The maximum atomic E-state index is 7.18. The topological polar surface area (TPSA) is 83.0 Å². The molecule has 0 saturated heterocycles. The van der Waals surface area contributed by atoms with Crippen LogP contribution in [-0.2, 0) is 5.41 Å². The van der Waals surface area contributed by atoms with Gasteiger partial charge in [-0.2, -0.15) is 0 Å². The van der Waals surface area contributed by atoms with E-state index in [9.17, 15) is 0 Å². The van der Waals surface area contributed by atoms with E-state index >= 15 is 0 Å². The van der Waals surface area contributed by atoms with E-state index in [0.29, 0.717) is 11.6 Å². The Morgan fingerprint density at radius 2 is 1.17 bits per heavy atom. The van der Waals surface area contributed by atoms with E-state index in [-0.39, 0.29) is 17.8 Å². The molecule has 15 rings (SSSR count). The maximum Gasteiger partial charge on any atom is 0.178 e. The highest BCUT2D eigenvalue weighted by Crippen LogP contribution is 2.58. The minimum absolute atomic E-state index is 0.0161. The first-order chi connectivity index (χ1) is 32.3. The molecule has 12 aromatic rings. The Labute approximate surface area is 378 Å². The molecule has 0 spiro atoms. The number of aromatic nitrogens is 4. The van der Waals surface area contributed by atoms with Gasteiger partial charge in [-0.3, -0.25) is 0 Å². The number of nitrogens with zero attached hydrogens (tertiary/aromatic N) is 4. The molecule has 0 amide bonds. The van der Waals surface area contributed by atoms with Gasteiger partial charge in [0.05, 0.1) is 22.2 Å². The average Bonchev–Trinajstić information content (AvgIpc) is 4.13. The number of allylic oxidation sites excluding steroid dienone is 4. The third-order valence-electron chi connectivity index (χ3n) is 15.3. The first-order valence-electron chi connectivity index (χ1n) is 23.0. The van der Waals surface area contributed by atoms with Gasteiger partial charge in [-0.25, -0.2) is 15.0 Å². The molecule has 2 aliphatic carbocycles. The number of fused-ring (bicyclic) bond motifs is 16. The molecule has 314 valence electrons. The van der Waals surface area contributed by atoms with Gasteiger partial charge in [0.1, 0.15) is 22.6 Å². The van der Waals surface area contributed by atoms with Crippen LogP contribution in [0.2, 0.25) is 0 Å². The summed E-state index contributed by atoms with van der Waals surface area (Å²) < 4.78 is 23.1. The lowest BCUT2D eigenvalue weighted by Gasteiger charge is -2.44. The van der Waals surface area contributed by atoms with Crippen LogP contribution in [0.25, 0.3) is 116 Å². The highest BCUT2D eigenvalue weighted by Gasteiger charge is 2.47. The third kappa shape index (κ3) is 4.54. The van der Waals surface area contributed by atoms with Crippen LogP contribution in [0.1, 0.15) is 56.6 Å².